The SMILES string of the molecule is COc1ccc(C2CCOCC2)nc1Cc1nnc(C2CN(C(=O)c3cncs3)CC23CN(C(=O)[C@H]2CC2(C)C)C3)o1. The standard InChI is InChI=1S/C30H36N6O5S/c1-29(2)11-19(29)27(37)36-15-30(16-36)14-35(28(38)24-12-31-17-42-24)13-20(30)26-34-33-25(41-26)10-22-23(39-3)5-4-21(32-22)18-6-8-40-9-7-18/h4-5,12,17-20H,6-11,13-16H2,1-3H3/t19-,20?/m1/s1. The third kappa shape index (κ3) is 4.88. The average Bonchev–Trinajstić information content (AvgIpc) is 3.49. The second-order valence-electron chi connectivity index (χ2n) is 12.9. The summed E-state index contributed by atoms with van der Waals surface area (Å²) in [5, 5.41) is 8.89. The molecule has 4 aliphatic rings. The first-order chi connectivity index (χ1) is 20.3. The average molecular weight is 593 g/mol. The Bertz CT molecular complexity index is 1480. The van der Waals surface area contributed by atoms with Crippen molar-refractivity contribution in [3.05, 3.63) is 51.9 Å². The third-order valence-corrected chi connectivity index (χ3v) is 10.4. The molecule has 7 rings (SSSR count). The second-order valence-corrected chi connectivity index (χ2v) is 13.8. The van der Waals surface area contributed by atoms with Gasteiger partial charge in [-0.2, -0.15) is 0 Å². The predicted molar refractivity (Wildman–Crippen MR) is 152 cm³/mol. The molecule has 3 aliphatic heterocycles. The normalized spacial score (nSPS) is 24.5. The minimum atomic E-state index is -0.322. The summed E-state index contributed by atoms with van der Waals surface area (Å²) >= 11 is 1.33. The van der Waals surface area contributed by atoms with Gasteiger partial charge in [0.25, 0.3) is 5.91 Å². The maximum absolute atomic E-state index is 13.3. The molecule has 2 atom stereocenters. The number of carbonyl (C=O) groups is 2. The van der Waals surface area contributed by atoms with E-state index in [9.17, 15) is 9.59 Å². The zero-order chi connectivity index (χ0) is 29.1. The number of nitrogens with zero attached hydrogens (tertiary/aromatic N) is 6. The van der Waals surface area contributed by atoms with Gasteiger partial charge in [-0.25, -0.2) is 0 Å². The summed E-state index contributed by atoms with van der Waals surface area (Å²) in [4.78, 5) is 39.9. The second kappa shape index (κ2) is 10.4. The highest BCUT2D eigenvalue weighted by molar-refractivity contribution is 7.11. The largest absolute Gasteiger partial charge is 0.495 e. The number of thiazole rings is 1. The number of rotatable bonds is 7. The van der Waals surface area contributed by atoms with Gasteiger partial charge in [-0.3, -0.25) is 19.6 Å². The number of amides is 2. The molecule has 3 aromatic heterocycles. The van der Waals surface area contributed by atoms with Crippen LogP contribution in [0.2, 0.25) is 0 Å². The maximum Gasteiger partial charge on any atom is 0.265 e. The van der Waals surface area contributed by atoms with E-state index in [0.717, 1.165) is 43.9 Å². The van der Waals surface area contributed by atoms with Crippen LogP contribution in [0, 0.1) is 16.7 Å². The molecule has 42 heavy (non-hydrogen) atoms. The van der Waals surface area contributed by atoms with Crippen molar-refractivity contribution >= 4 is 23.2 Å². The van der Waals surface area contributed by atoms with Crippen LogP contribution in [0.25, 0.3) is 0 Å². The molecule has 3 saturated heterocycles. The Kier molecular flexibility index (Phi) is 6.80. The summed E-state index contributed by atoms with van der Waals surface area (Å²) in [6.07, 6.45) is 4.77. The molecule has 11 nitrogen and oxygen atoms in total. The Hall–Kier alpha value is -3.38. The highest BCUT2D eigenvalue weighted by atomic mass is 32.1. The number of hydrogen-bond acceptors (Lipinski definition) is 10. The van der Waals surface area contributed by atoms with Crippen LogP contribution < -0.4 is 4.74 Å². The highest BCUT2D eigenvalue weighted by Crippen LogP contribution is 2.55. The van der Waals surface area contributed by atoms with E-state index in [0.29, 0.717) is 60.9 Å². The molecular formula is C30H36N6O5S. The first kappa shape index (κ1) is 27.5. The lowest BCUT2D eigenvalue weighted by atomic mass is 9.71. The Labute approximate surface area is 248 Å². The highest BCUT2D eigenvalue weighted by Gasteiger charge is 2.61. The van der Waals surface area contributed by atoms with Crippen LogP contribution >= 0.6 is 11.3 Å². The zero-order valence-electron chi connectivity index (χ0n) is 24.2. The van der Waals surface area contributed by atoms with Crippen LogP contribution in [0.1, 0.15) is 77.8 Å². The minimum Gasteiger partial charge on any atom is -0.495 e. The molecule has 1 spiro atoms. The van der Waals surface area contributed by atoms with Crippen molar-refractivity contribution in [3.63, 3.8) is 0 Å². The number of methoxy groups -OCH3 is 1. The van der Waals surface area contributed by atoms with Crippen LogP contribution in [0.3, 0.4) is 0 Å². The summed E-state index contributed by atoms with van der Waals surface area (Å²) in [6.45, 7) is 7.92. The third-order valence-electron chi connectivity index (χ3n) is 9.63. The Morgan fingerprint density at radius 1 is 1.12 bits per heavy atom. The molecule has 12 heteroatoms. The lowest BCUT2D eigenvalue weighted by molar-refractivity contribution is -0.146. The van der Waals surface area contributed by atoms with Gasteiger partial charge >= 0.3 is 0 Å². The van der Waals surface area contributed by atoms with E-state index in [1.807, 2.05) is 21.9 Å². The van der Waals surface area contributed by atoms with Gasteiger partial charge in [0.2, 0.25) is 17.7 Å². The molecule has 4 fully saturated rings. The lowest BCUT2D eigenvalue weighted by Gasteiger charge is -2.50. The molecule has 0 aromatic carbocycles. The summed E-state index contributed by atoms with van der Waals surface area (Å²) in [6, 6.07) is 3.99. The van der Waals surface area contributed by atoms with Gasteiger partial charge in [0, 0.05) is 62.3 Å². The smallest absolute Gasteiger partial charge is 0.265 e. The monoisotopic (exact) mass is 592 g/mol. The van der Waals surface area contributed by atoms with Crippen molar-refractivity contribution in [2.45, 2.75) is 51.4 Å². The van der Waals surface area contributed by atoms with Crippen molar-refractivity contribution < 1.29 is 23.5 Å². The zero-order valence-corrected chi connectivity index (χ0v) is 25.1. The topological polar surface area (TPSA) is 124 Å². The van der Waals surface area contributed by atoms with Gasteiger partial charge < -0.3 is 23.7 Å². The molecule has 0 N–H and O–H groups in total. The van der Waals surface area contributed by atoms with Crippen molar-refractivity contribution in [2.24, 2.45) is 16.7 Å². The quantitative estimate of drug-likeness (QED) is 0.405. The van der Waals surface area contributed by atoms with E-state index >= 15 is 0 Å². The van der Waals surface area contributed by atoms with E-state index in [1.165, 1.54) is 11.3 Å². The Balaban J connectivity index is 1.12. The summed E-state index contributed by atoms with van der Waals surface area (Å²) in [5.41, 5.74) is 3.20. The van der Waals surface area contributed by atoms with Crippen LogP contribution in [-0.2, 0) is 16.0 Å². The molecule has 3 aromatic rings. The van der Waals surface area contributed by atoms with Crippen LogP contribution in [0.15, 0.2) is 28.3 Å². The fraction of sp³-hybridized carbons (Fsp3) is 0.600. The molecule has 222 valence electrons. The summed E-state index contributed by atoms with van der Waals surface area (Å²) < 4.78 is 17.4. The lowest BCUT2D eigenvalue weighted by Crippen LogP contribution is -2.62. The van der Waals surface area contributed by atoms with Gasteiger partial charge in [0.15, 0.2) is 0 Å². The Morgan fingerprint density at radius 3 is 2.57 bits per heavy atom. The van der Waals surface area contributed by atoms with Crippen molar-refractivity contribution in [1.29, 1.82) is 0 Å². The first-order valence-electron chi connectivity index (χ1n) is 14.7. The summed E-state index contributed by atoms with van der Waals surface area (Å²) in [5.74, 6) is 2.07. The van der Waals surface area contributed by atoms with E-state index < -0.39 is 0 Å². The van der Waals surface area contributed by atoms with Crippen LogP contribution in [0.5, 0.6) is 5.75 Å². The number of carbonyl (C=O) groups excluding carboxylic acids is 2. The van der Waals surface area contributed by atoms with E-state index in [4.69, 9.17) is 18.9 Å². The van der Waals surface area contributed by atoms with Crippen molar-refractivity contribution in [1.82, 2.24) is 30.0 Å². The van der Waals surface area contributed by atoms with E-state index in [2.05, 4.69) is 29.0 Å². The maximum atomic E-state index is 13.3. The number of ether oxygens (including phenoxy) is 2. The van der Waals surface area contributed by atoms with E-state index in [1.54, 1.807) is 18.8 Å². The van der Waals surface area contributed by atoms with Crippen molar-refractivity contribution in [3.8, 4) is 5.75 Å². The number of hydrogen-bond donors (Lipinski definition) is 0. The molecule has 0 bridgehead atoms. The van der Waals surface area contributed by atoms with Gasteiger partial charge in [0.05, 0.1) is 36.8 Å². The first-order valence-corrected chi connectivity index (χ1v) is 15.5. The number of aromatic nitrogens is 4. The minimum absolute atomic E-state index is 0.0499. The number of pyridine rings is 1. The molecule has 1 aliphatic carbocycles. The van der Waals surface area contributed by atoms with Crippen LogP contribution in [-0.4, -0.2) is 88.3 Å². The molecule has 2 amide bonds. The molecular weight excluding hydrogens is 556 g/mol. The van der Waals surface area contributed by atoms with Crippen molar-refractivity contribution in [2.75, 3.05) is 46.5 Å². The van der Waals surface area contributed by atoms with Gasteiger partial charge in [-0.05, 0) is 36.8 Å². The predicted octanol–water partition coefficient (Wildman–Crippen LogP) is 3.53. The molecule has 0 radical (unpaired) electrons. The van der Waals surface area contributed by atoms with E-state index in [-0.39, 0.29) is 34.5 Å². The Morgan fingerprint density at radius 2 is 1.88 bits per heavy atom. The summed E-state index contributed by atoms with van der Waals surface area (Å²) in [7, 11) is 1.64. The van der Waals surface area contributed by atoms with Gasteiger partial charge in [0.1, 0.15) is 10.6 Å². The molecule has 1 unspecified atom stereocenters. The van der Waals surface area contributed by atoms with Gasteiger partial charge in [-0.1, -0.05) is 13.8 Å². The fourth-order valence-corrected chi connectivity index (χ4v) is 7.49. The molecule has 1 saturated carbocycles. The van der Waals surface area contributed by atoms with Gasteiger partial charge in [-0.15, -0.1) is 21.5 Å². The molecule has 6 heterocycles. The fourth-order valence-electron chi connectivity index (χ4n) is 6.90. The number of likely N-dealkylation sites (tertiary alicyclic amines) is 2. The van der Waals surface area contributed by atoms with Crippen LogP contribution in [0.4, 0.5) is 0 Å².